The molecule has 2 fully saturated rings. The van der Waals surface area contributed by atoms with E-state index in [1.54, 1.807) is 0 Å². The Morgan fingerprint density at radius 3 is 2.00 bits per heavy atom. The zero-order chi connectivity index (χ0) is 19.4. The lowest BCUT2D eigenvalue weighted by atomic mass is 9.90. The molecule has 0 spiro atoms. The van der Waals surface area contributed by atoms with Crippen molar-refractivity contribution in [2.75, 3.05) is 26.4 Å². The Morgan fingerprint density at radius 1 is 0.769 bits per heavy atom. The summed E-state index contributed by atoms with van der Waals surface area (Å²) in [6.07, 6.45) is -10.9. The molecule has 2 saturated heterocycles. The standard InChI is InChI=1S/C14H25NO11/c16-1-6-5(10(18)13(21)14(22)26-6)3-24-4-8-11(19)12(20)9(15-23)7(2-17)25-8/h5-14,16-22H,1-4H2/t5-,6?,7?,8+,9-,10?,11-,12?,13+,14-/m1/s1. The van der Waals surface area contributed by atoms with Gasteiger partial charge in [-0.2, -0.15) is 4.91 Å². The van der Waals surface area contributed by atoms with E-state index < -0.39 is 74.2 Å². The molecule has 0 aromatic carbocycles. The molecule has 4 unspecified atom stereocenters. The van der Waals surface area contributed by atoms with E-state index >= 15 is 0 Å². The van der Waals surface area contributed by atoms with Crippen molar-refractivity contribution in [1.29, 1.82) is 0 Å². The lowest BCUT2D eigenvalue weighted by Gasteiger charge is -2.41. The van der Waals surface area contributed by atoms with Crippen molar-refractivity contribution in [3.05, 3.63) is 4.91 Å². The number of aliphatic hydroxyl groups excluding tert-OH is 7. The number of hydrogen-bond acceptors (Lipinski definition) is 12. The summed E-state index contributed by atoms with van der Waals surface area (Å²) in [6, 6.07) is -1.32. The minimum atomic E-state index is -1.64. The Morgan fingerprint density at radius 2 is 1.42 bits per heavy atom. The average molecular weight is 383 g/mol. The fourth-order valence-electron chi connectivity index (χ4n) is 3.15. The lowest BCUT2D eigenvalue weighted by molar-refractivity contribution is -0.281. The topological polar surface area (TPSA) is 199 Å². The summed E-state index contributed by atoms with van der Waals surface area (Å²) in [6.45, 7) is -1.63. The van der Waals surface area contributed by atoms with E-state index in [-0.39, 0.29) is 13.2 Å². The van der Waals surface area contributed by atoms with Gasteiger partial charge in [0.2, 0.25) is 0 Å². The summed E-state index contributed by atoms with van der Waals surface area (Å²) in [5.41, 5.74) is 0. The summed E-state index contributed by atoms with van der Waals surface area (Å²) >= 11 is 0. The van der Waals surface area contributed by atoms with E-state index in [0.717, 1.165) is 0 Å². The Balaban J connectivity index is 1.92. The molecule has 0 amide bonds. The summed E-state index contributed by atoms with van der Waals surface area (Å²) in [7, 11) is 0. The molecule has 152 valence electrons. The maximum absolute atomic E-state index is 10.7. The van der Waals surface area contributed by atoms with E-state index in [4.69, 9.17) is 14.2 Å². The van der Waals surface area contributed by atoms with Crippen molar-refractivity contribution in [1.82, 2.24) is 0 Å². The van der Waals surface area contributed by atoms with Gasteiger partial charge in [0, 0.05) is 5.92 Å². The van der Waals surface area contributed by atoms with Crippen LogP contribution >= 0.6 is 0 Å². The summed E-state index contributed by atoms with van der Waals surface area (Å²) < 4.78 is 15.7. The van der Waals surface area contributed by atoms with Gasteiger partial charge in [0.05, 0.1) is 38.6 Å². The van der Waals surface area contributed by atoms with Crippen LogP contribution in [0, 0.1) is 10.8 Å². The van der Waals surface area contributed by atoms with E-state index in [1.807, 2.05) is 0 Å². The molecule has 2 aliphatic rings. The highest BCUT2D eigenvalue weighted by molar-refractivity contribution is 4.96. The molecule has 2 aliphatic heterocycles. The number of hydrogen-bond donors (Lipinski definition) is 7. The summed E-state index contributed by atoms with van der Waals surface area (Å²) in [5.74, 6) is -0.873. The van der Waals surface area contributed by atoms with Crippen LogP contribution in [0.1, 0.15) is 0 Å². The second-order valence-electron chi connectivity index (χ2n) is 6.40. The van der Waals surface area contributed by atoms with Gasteiger partial charge in [-0.1, -0.05) is 5.18 Å². The van der Waals surface area contributed by atoms with Gasteiger partial charge in [-0.15, -0.1) is 0 Å². The Bertz CT molecular complexity index is 451. The zero-order valence-electron chi connectivity index (χ0n) is 13.8. The van der Waals surface area contributed by atoms with Crippen LogP contribution in [-0.4, -0.2) is 117 Å². The number of nitrogens with zero attached hydrogens (tertiary/aromatic N) is 1. The lowest BCUT2D eigenvalue weighted by Crippen LogP contribution is -2.59. The highest BCUT2D eigenvalue weighted by Gasteiger charge is 2.46. The van der Waals surface area contributed by atoms with Crippen molar-refractivity contribution < 1.29 is 50.0 Å². The molecule has 12 heteroatoms. The molecule has 12 nitrogen and oxygen atoms in total. The summed E-state index contributed by atoms with van der Waals surface area (Å²) in [4.78, 5) is 10.7. The van der Waals surface area contributed by atoms with Gasteiger partial charge in [0.1, 0.15) is 36.6 Å². The average Bonchev–Trinajstić information content (AvgIpc) is 2.64. The van der Waals surface area contributed by atoms with Crippen molar-refractivity contribution >= 4 is 0 Å². The van der Waals surface area contributed by atoms with Crippen LogP contribution in [0.4, 0.5) is 0 Å². The first-order valence-corrected chi connectivity index (χ1v) is 8.18. The van der Waals surface area contributed by atoms with E-state index in [0.29, 0.717) is 0 Å². The first-order valence-electron chi connectivity index (χ1n) is 8.18. The van der Waals surface area contributed by atoms with Crippen LogP contribution in [0.3, 0.4) is 0 Å². The van der Waals surface area contributed by atoms with Crippen molar-refractivity contribution in [2.24, 2.45) is 11.1 Å². The van der Waals surface area contributed by atoms with E-state index in [9.17, 15) is 40.7 Å². The van der Waals surface area contributed by atoms with Crippen LogP contribution < -0.4 is 0 Å². The highest BCUT2D eigenvalue weighted by atomic mass is 16.6. The fraction of sp³-hybridized carbons (Fsp3) is 1.00. The Kier molecular flexibility index (Phi) is 7.78. The number of rotatable bonds is 7. The third-order valence-electron chi connectivity index (χ3n) is 4.76. The molecule has 0 bridgehead atoms. The van der Waals surface area contributed by atoms with Crippen LogP contribution in [0.25, 0.3) is 0 Å². The Labute approximate surface area is 148 Å². The second kappa shape index (κ2) is 9.41. The van der Waals surface area contributed by atoms with Gasteiger partial charge in [-0.05, 0) is 0 Å². The highest BCUT2D eigenvalue weighted by Crippen LogP contribution is 2.27. The number of nitroso groups, excluding NO2 is 1. The second-order valence-corrected chi connectivity index (χ2v) is 6.40. The molecule has 0 aromatic rings. The molecule has 0 saturated carbocycles. The SMILES string of the molecule is O=N[C@@H]1C(CO)O[C@@H](COC[C@@H]2C(CO)O[C@@H](O)[C@@H](O)C2O)[C@@H](O)C1O. The van der Waals surface area contributed by atoms with Crippen LogP contribution in [-0.2, 0) is 14.2 Å². The molecule has 10 atom stereocenters. The minimum Gasteiger partial charge on any atom is -0.394 e. The van der Waals surface area contributed by atoms with Crippen molar-refractivity contribution in [2.45, 2.75) is 55.1 Å². The predicted octanol–water partition coefficient (Wildman–Crippen LogP) is -4.33. The monoisotopic (exact) mass is 383 g/mol. The van der Waals surface area contributed by atoms with Crippen molar-refractivity contribution in [3.63, 3.8) is 0 Å². The van der Waals surface area contributed by atoms with Gasteiger partial charge in [-0.3, -0.25) is 0 Å². The molecular weight excluding hydrogens is 358 g/mol. The van der Waals surface area contributed by atoms with Crippen LogP contribution in [0.5, 0.6) is 0 Å². The van der Waals surface area contributed by atoms with E-state index in [2.05, 4.69) is 5.18 Å². The number of ether oxygens (including phenoxy) is 3. The largest absolute Gasteiger partial charge is 0.394 e. The van der Waals surface area contributed by atoms with Crippen LogP contribution in [0.2, 0.25) is 0 Å². The van der Waals surface area contributed by atoms with E-state index in [1.165, 1.54) is 0 Å². The fourth-order valence-corrected chi connectivity index (χ4v) is 3.15. The normalized spacial score (nSPS) is 46.9. The quantitative estimate of drug-likeness (QED) is 0.210. The predicted molar refractivity (Wildman–Crippen MR) is 81.6 cm³/mol. The smallest absolute Gasteiger partial charge is 0.183 e. The third-order valence-corrected chi connectivity index (χ3v) is 4.76. The minimum absolute atomic E-state index is 0.224. The van der Waals surface area contributed by atoms with Gasteiger partial charge in [0.15, 0.2) is 6.29 Å². The molecule has 26 heavy (non-hydrogen) atoms. The van der Waals surface area contributed by atoms with Gasteiger partial charge < -0.3 is 50.0 Å². The van der Waals surface area contributed by atoms with Gasteiger partial charge >= 0.3 is 0 Å². The Hall–Kier alpha value is -0.800. The number of aliphatic hydroxyl groups is 7. The molecule has 0 radical (unpaired) electrons. The summed E-state index contributed by atoms with van der Waals surface area (Å²) in [5, 5.41) is 70.1. The maximum atomic E-state index is 10.7. The molecule has 2 heterocycles. The molecule has 7 N–H and O–H groups in total. The van der Waals surface area contributed by atoms with Crippen molar-refractivity contribution in [3.8, 4) is 0 Å². The zero-order valence-corrected chi connectivity index (χ0v) is 13.8. The maximum Gasteiger partial charge on any atom is 0.183 e. The van der Waals surface area contributed by atoms with Gasteiger partial charge in [-0.25, -0.2) is 0 Å². The van der Waals surface area contributed by atoms with Gasteiger partial charge in [0.25, 0.3) is 0 Å². The molecule has 0 aromatic heterocycles. The third kappa shape index (κ3) is 4.36. The van der Waals surface area contributed by atoms with Crippen LogP contribution in [0.15, 0.2) is 5.18 Å². The molecule has 2 rings (SSSR count). The molecule has 0 aliphatic carbocycles. The molecular formula is C14H25NO11. The first kappa shape index (κ1) is 21.5. The first-order chi connectivity index (χ1) is 12.3.